The highest BCUT2D eigenvalue weighted by atomic mass is 31.2. The summed E-state index contributed by atoms with van der Waals surface area (Å²) < 4.78 is 9.43. The van der Waals surface area contributed by atoms with Gasteiger partial charge in [0.15, 0.2) is 17.5 Å². The maximum atomic E-state index is 14.7. The minimum absolute atomic E-state index is 0.00966. The highest BCUT2D eigenvalue weighted by molar-refractivity contribution is 7.54. The van der Waals surface area contributed by atoms with Crippen LogP contribution in [0.1, 0.15) is 60.9 Å². The van der Waals surface area contributed by atoms with Crippen LogP contribution in [0.15, 0.2) is 91.4 Å². The average molecular weight is 1250 g/mol. The van der Waals surface area contributed by atoms with Crippen LogP contribution in [0.2, 0.25) is 0 Å². The fourth-order valence-corrected chi connectivity index (χ4v) is 9.65. The molecule has 2 heterocycles. The van der Waals surface area contributed by atoms with Gasteiger partial charge in [0.2, 0.25) is 47.3 Å². The Morgan fingerprint density at radius 3 is 1.48 bits per heavy atom. The van der Waals surface area contributed by atoms with Gasteiger partial charge in [-0.2, -0.15) is 29.4 Å². The number of benzene rings is 3. The fraction of sp³-hybridized carbons (Fsp3) is 0.373. The number of H-pyrrole nitrogens is 1. The summed E-state index contributed by atoms with van der Waals surface area (Å²) in [5.41, 5.74) is 16.1. The number of rotatable bonds is 33. The molecule has 35 heteroatoms. The molecule has 0 radical (unpaired) electrons. The van der Waals surface area contributed by atoms with Gasteiger partial charge in [0.1, 0.15) is 42.3 Å². The van der Waals surface area contributed by atoms with E-state index in [0.717, 1.165) is 29.2 Å². The Morgan fingerprint density at radius 2 is 1.02 bits per heavy atom. The number of hydrogen-bond donors (Lipinski definition) is 18. The second-order valence-corrected chi connectivity index (χ2v) is 22.2. The van der Waals surface area contributed by atoms with E-state index in [-0.39, 0.29) is 48.4 Å². The van der Waals surface area contributed by atoms with E-state index in [1.165, 1.54) is 36.8 Å². The van der Waals surface area contributed by atoms with Crippen LogP contribution < -0.4 is 58.1 Å². The first kappa shape index (κ1) is 68.0. The van der Waals surface area contributed by atoms with Gasteiger partial charge >= 0.3 is 28.3 Å². The molecule has 1 aliphatic rings. The molecule has 9 amide bonds. The normalized spacial score (nSPS) is 15.6. The van der Waals surface area contributed by atoms with Crippen molar-refractivity contribution in [2.24, 2.45) is 11.5 Å². The first-order valence-electron chi connectivity index (χ1n) is 26.1. The highest BCUT2D eigenvalue weighted by Gasteiger charge is 2.41. The lowest BCUT2D eigenvalue weighted by atomic mass is 10.0. The van der Waals surface area contributed by atoms with Gasteiger partial charge in [-0.1, -0.05) is 54.6 Å². The van der Waals surface area contributed by atoms with Crippen molar-refractivity contribution in [1.29, 1.82) is 0 Å². The number of nitrogens with zero attached hydrogens (tertiary/aromatic N) is 2. The SMILES string of the molecule is NC(=O)CC[C@H](NC(=O)[C@@H]([NH3+])Cc1cnc[nH]1)C(=O)N[C@@H](Cc1ccc(O[P+](O)(O)O)cc1)C(=O)N[C@@H](Cc1ccc(O[P+](O)(O)O)cc1)C(=O)N[C@@H](CC(N)=O)C(=O)N[C@@H](CC(=O)O)C(=O)N[C@@H](Cc1ccccc1)C(=O)N1CCC[C@H]1C(=O)O. The van der Waals surface area contributed by atoms with Crippen molar-refractivity contribution in [1.82, 2.24) is 46.8 Å². The van der Waals surface area contributed by atoms with Gasteiger partial charge in [-0.15, -0.1) is 0 Å². The first-order chi connectivity index (χ1) is 40.4. The molecule has 0 unspecified atom stereocenters. The molecule has 1 aliphatic heterocycles. The zero-order valence-electron chi connectivity index (χ0n) is 45.6. The number of aliphatic carboxylic acids is 2. The molecule has 1 aromatic heterocycles. The Labute approximate surface area is 489 Å². The Morgan fingerprint density at radius 1 is 0.581 bits per heavy atom. The summed E-state index contributed by atoms with van der Waals surface area (Å²) in [7, 11) is -9.64. The Balaban J connectivity index is 1.48. The van der Waals surface area contributed by atoms with Crippen LogP contribution in [0.25, 0.3) is 0 Å². The van der Waals surface area contributed by atoms with Crippen molar-refractivity contribution < 1.29 is 107 Å². The summed E-state index contributed by atoms with van der Waals surface area (Å²) in [4.78, 5) is 213. The van der Waals surface area contributed by atoms with Gasteiger partial charge in [-0.3, -0.25) is 57.0 Å². The number of nitrogens with two attached hydrogens (primary N) is 2. The number of carbonyl (C=O) groups is 11. The smallest absolute Gasteiger partial charge is 0.481 e. The van der Waals surface area contributed by atoms with E-state index in [4.69, 9.17) is 20.5 Å². The number of hydrogen-bond acceptors (Lipinski definition) is 20. The fourth-order valence-electron chi connectivity index (χ4n) is 8.84. The lowest BCUT2D eigenvalue weighted by molar-refractivity contribution is -0.403. The lowest BCUT2D eigenvalue weighted by Gasteiger charge is -2.29. The molecule has 5 rings (SSSR count). The van der Waals surface area contributed by atoms with Crippen molar-refractivity contribution in [2.45, 2.75) is 113 Å². The number of carboxylic acid groups (broad SMARTS) is 2. The second kappa shape index (κ2) is 31.4. The maximum absolute atomic E-state index is 14.7. The van der Waals surface area contributed by atoms with Crippen LogP contribution in [0.5, 0.6) is 11.5 Å². The first-order valence-corrected chi connectivity index (χ1v) is 29.3. The Bertz CT molecular complexity index is 3040. The summed E-state index contributed by atoms with van der Waals surface area (Å²) in [6, 6.07) is 4.53. The molecular formula is C51H67N12O21P2+3. The third kappa shape index (κ3) is 22.7. The summed E-state index contributed by atoms with van der Waals surface area (Å²) in [6.07, 6.45) is -1.12. The van der Waals surface area contributed by atoms with E-state index in [9.17, 15) is 92.3 Å². The van der Waals surface area contributed by atoms with Crippen LogP contribution in [0, 0.1) is 0 Å². The number of likely N-dealkylation sites (tertiary alicyclic amines) is 1. The molecule has 86 heavy (non-hydrogen) atoms. The molecule has 0 bridgehead atoms. The number of primary amides is 2. The van der Waals surface area contributed by atoms with Crippen molar-refractivity contribution in [2.75, 3.05) is 6.54 Å². The molecule has 0 aliphatic carbocycles. The second-order valence-electron chi connectivity index (χ2n) is 19.7. The lowest BCUT2D eigenvalue weighted by Crippen LogP contribution is -2.70. The maximum Gasteiger partial charge on any atom is 0.613 e. The quantitative estimate of drug-likeness (QED) is 0.0199. The zero-order chi connectivity index (χ0) is 63.5. The van der Waals surface area contributed by atoms with Gasteiger partial charge < -0.3 is 69.2 Å². The Hall–Kier alpha value is -8.78. The number of carbonyl (C=O) groups excluding carboxylic acids is 9. The van der Waals surface area contributed by atoms with Crippen LogP contribution in [-0.2, 0) is 78.4 Å². The van der Waals surface area contributed by atoms with Crippen molar-refractivity contribution in [3.63, 3.8) is 0 Å². The number of aromatic nitrogens is 2. The summed E-state index contributed by atoms with van der Waals surface area (Å²) >= 11 is 0. The third-order valence-electron chi connectivity index (χ3n) is 12.9. The average Bonchev–Trinajstić information content (AvgIpc) is 2.80. The van der Waals surface area contributed by atoms with E-state index in [1.807, 2.05) is 0 Å². The Kier molecular flexibility index (Phi) is 24.8. The van der Waals surface area contributed by atoms with Crippen LogP contribution in [0.4, 0.5) is 0 Å². The molecule has 33 nitrogen and oxygen atoms in total. The van der Waals surface area contributed by atoms with E-state index in [0.29, 0.717) is 17.7 Å². The standard InChI is InChI=1S/C51H64N12O21P2/c52-33(22-30-25-55-26-56-30)44(68)57-34(16-17-41(53)64)45(69)58-35(19-28-8-12-31(13-9-28)83-85(77,78)79)46(70)59-36(20-29-10-14-32(15-11-29)84-86(80,81)82)47(71)60-37(23-42(54)65)48(72)61-38(24-43(66)67)49(73)62-39(21-27-5-2-1-3-6-27)50(74)63-18-4-7-40(63)51(75)76/h1-3,5-6,8-15,25-26,33-40,77-82H,4,7,16-24,52H2,(H11-2,53,54,55,56,57,58,59,60,61,62,64,65,66,67,68,69,70,71,72,73,75,76)/p+3/t33-,34-,35-,36-,37-,38-,39-,40-/m0/s1. The summed E-state index contributed by atoms with van der Waals surface area (Å²) in [6.45, 7) is 0.00966. The molecule has 0 spiro atoms. The van der Waals surface area contributed by atoms with E-state index in [1.54, 1.807) is 30.3 Å². The number of quaternary nitrogens is 1. The molecule has 1 fully saturated rings. The number of imidazole rings is 1. The largest absolute Gasteiger partial charge is 0.613 e. The molecule has 4 aromatic rings. The van der Waals surface area contributed by atoms with Gasteiger partial charge in [-0.25, -0.2) is 9.78 Å². The van der Waals surface area contributed by atoms with Crippen molar-refractivity contribution in [3.8, 4) is 11.5 Å². The number of amides is 9. The summed E-state index contributed by atoms with van der Waals surface area (Å²) in [5.74, 6) is -13.5. The molecular weight excluding hydrogens is 1180 g/mol. The monoisotopic (exact) mass is 1250 g/mol. The zero-order valence-corrected chi connectivity index (χ0v) is 47.4. The third-order valence-corrected chi connectivity index (χ3v) is 13.8. The predicted octanol–water partition coefficient (Wildman–Crippen LogP) is -5.04. The van der Waals surface area contributed by atoms with Crippen molar-refractivity contribution >= 4 is 81.4 Å². The van der Waals surface area contributed by atoms with Crippen LogP contribution >= 0.6 is 16.3 Å². The number of nitrogens with one attached hydrogen (secondary N) is 7. The molecule has 8 atom stereocenters. The molecule has 3 aromatic carbocycles. The van der Waals surface area contributed by atoms with Gasteiger partial charge in [-0.05, 0) is 60.2 Å². The molecule has 0 saturated carbocycles. The van der Waals surface area contributed by atoms with Crippen LogP contribution in [0.3, 0.4) is 0 Å². The molecule has 22 N–H and O–H groups in total. The van der Waals surface area contributed by atoms with Gasteiger partial charge in [0.25, 0.3) is 5.91 Å². The number of carboxylic acids is 2. The molecule has 464 valence electrons. The van der Waals surface area contributed by atoms with Gasteiger partial charge in [0.05, 0.1) is 25.6 Å². The summed E-state index contributed by atoms with van der Waals surface area (Å²) in [5, 5.41) is 34.0. The van der Waals surface area contributed by atoms with E-state index in [2.05, 4.69) is 47.6 Å². The minimum Gasteiger partial charge on any atom is -0.481 e. The molecule has 1 saturated heterocycles. The highest BCUT2D eigenvalue weighted by Crippen LogP contribution is 2.46. The predicted molar refractivity (Wildman–Crippen MR) is 296 cm³/mol. The minimum atomic E-state index is -4.84. The van der Waals surface area contributed by atoms with E-state index < -0.39 is 168 Å². The number of aromatic amines is 1. The van der Waals surface area contributed by atoms with Crippen LogP contribution in [-0.4, -0.2) is 174 Å². The van der Waals surface area contributed by atoms with Crippen molar-refractivity contribution in [3.05, 3.63) is 114 Å². The topological polar surface area (TPSA) is 552 Å². The van der Waals surface area contributed by atoms with Gasteiger partial charge in [0, 0.05) is 44.1 Å². The van der Waals surface area contributed by atoms with E-state index >= 15 is 0 Å².